The number of benzene rings is 2. The predicted molar refractivity (Wildman–Crippen MR) is 132 cm³/mol. The summed E-state index contributed by atoms with van der Waals surface area (Å²) in [5.74, 6) is 0.0103. The lowest BCUT2D eigenvalue weighted by atomic mass is 10.1. The summed E-state index contributed by atoms with van der Waals surface area (Å²) in [5, 5.41) is 3.05. The second-order valence-electron chi connectivity index (χ2n) is 8.67. The van der Waals surface area contributed by atoms with E-state index < -0.39 is 5.92 Å². The Hall–Kier alpha value is -4.13. The molecule has 34 heavy (non-hydrogen) atoms. The van der Waals surface area contributed by atoms with E-state index in [2.05, 4.69) is 5.32 Å². The van der Waals surface area contributed by atoms with E-state index in [0.29, 0.717) is 12.3 Å². The minimum atomic E-state index is -0.431. The van der Waals surface area contributed by atoms with Gasteiger partial charge in [-0.3, -0.25) is 9.59 Å². The number of pyridine rings is 1. The number of ether oxygens (including phenoxy) is 1. The summed E-state index contributed by atoms with van der Waals surface area (Å²) in [6.45, 7) is 4.32. The summed E-state index contributed by atoms with van der Waals surface area (Å²) < 4.78 is 7.27. The lowest BCUT2D eigenvalue weighted by Crippen LogP contribution is -2.28. The van der Waals surface area contributed by atoms with Gasteiger partial charge in [0.2, 0.25) is 11.8 Å². The van der Waals surface area contributed by atoms with Gasteiger partial charge in [-0.15, -0.1) is 0 Å². The van der Waals surface area contributed by atoms with Crippen molar-refractivity contribution in [1.29, 1.82) is 0 Å². The Bertz CT molecular complexity index is 1410. The molecule has 172 valence electrons. The molecule has 4 aromatic rings. The van der Waals surface area contributed by atoms with Crippen molar-refractivity contribution in [3.05, 3.63) is 78.1 Å². The van der Waals surface area contributed by atoms with Crippen molar-refractivity contribution in [3.63, 3.8) is 0 Å². The molecule has 1 aliphatic heterocycles. The zero-order valence-corrected chi connectivity index (χ0v) is 19.4. The van der Waals surface area contributed by atoms with Crippen LogP contribution in [-0.2, 0) is 9.59 Å². The third-order valence-corrected chi connectivity index (χ3v) is 6.33. The Balaban J connectivity index is 1.35. The van der Waals surface area contributed by atoms with E-state index in [9.17, 15) is 9.59 Å². The molecule has 1 saturated heterocycles. The van der Waals surface area contributed by atoms with Crippen molar-refractivity contribution >= 4 is 28.8 Å². The van der Waals surface area contributed by atoms with E-state index >= 15 is 0 Å². The summed E-state index contributed by atoms with van der Waals surface area (Å²) in [6.07, 6.45) is 4.13. The minimum Gasteiger partial charge on any atom is -0.497 e. The first-order chi connectivity index (χ1) is 16.4. The third kappa shape index (κ3) is 4.01. The molecule has 0 aliphatic carbocycles. The Morgan fingerprint density at radius 2 is 1.94 bits per heavy atom. The summed E-state index contributed by atoms with van der Waals surface area (Å²) in [6, 6.07) is 17.3. The molecule has 1 N–H and O–H groups in total. The van der Waals surface area contributed by atoms with Gasteiger partial charge >= 0.3 is 0 Å². The number of anilines is 2. The summed E-state index contributed by atoms with van der Waals surface area (Å²) in [5.41, 5.74) is 6.18. The number of aromatic nitrogens is 2. The second kappa shape index (κ2) is 8.67. The zero-order chi connectivity index (χ0) is 23.8. The van der Waals surface area contributed by atoms with Gasteiger partial charge in [0.1, 0.15) is 11.4 Å². The van der Waals surface area contributed by atoms with Crippen LogP contribution in [-0.4, -0.2) is 34.9 Å². The number of carbonyl (C=O) groups is 2. The molecule has 0 unspecified atom stereocenters. The standard InChI is InChI=1S/C27H26N4O3/c1-17-9-10-19(24-16-30-11-5-6-18(2)26(30)28-24)12-23(17)29-27(33)20-13-25(32)31(15-20)21-7-4-8-22(14-21)34-3/h4-12,14,16,20H,13,15H2,1-3H3,(H,29,33)/t20-/m0/s1. The monoisotopic (exact) mass is 454 g/mol. The molecule has 1 fully saturated rings. The van der Waals surface area contributed by atoms with Crippen molar-refractivity contribution in [2.24, 2.45) is 5.92 Å². The molecule has 0 saturated carbocycles. The average Bonchev–Trinajstić information content (AvgIpc) is 3.45. The van der Waals surface area contributed by atoms with Crippen LogP contribution in [0, 0.1) is 19.8 Å². The largest absolute Gasteiger partial charge is 0.497 e. The van der Waals surface area contributed by atoms with Crippen LogP contribution in [0.3, 0.4) is 0 Å². The van der Waals surface area contributed by atoms with Crippen LogP contribution in [0.15, 0.2) is 67.0 Å². The van der Waals surface area contributed by atoms with Crippen LogP contribution in [0.5, 0.6) is 5.75 Å². The molecule has 1 aliphatic rings. The van der Waals surface area contributed by atoms with Gasteiger partial charge < -0.3 is 19.4 Å². The van der Waals surface area contributed by atoms with Gasteiger partial charge in [-0.1, -0.05) is 24.3 Å². The molecule has 7 nitrogen and oxygen atoms in total. The van der Waals surface area contributed by atoms with Crippen LogP contribution in [0.25, 0.3) is 16.9 Å². The normalized spacial score (nSPS) is 15.7. The number of nitrogens with one attached hydrogen (secondary N) is 1. The van der Waals surface area contributed by atoms with Crippen LogP contribution in [0.4, 0.5) is 11.4 Å². The van der Waals surface area contributed by atoms with Gasteiger partial charge in [-0.05, 0) is 49.2 Å². The number of methoxy groups -OCH3 is 1. The average molecular weight is 455 g/mol. The van der Waals surface area contributed by atoms with Gasteiger partial charge in [-0.25, -0.2) is 4.98 Å². The highest BCUT2D eigenvalue weighted by Gasteiger charge is 2.35. The number of hydrogen-bond donors (Lipinski definition) is 1. The highest BCUT2D eigenvalue weighted by atomic mass is 16.5. The molecule has 0 bridgehead atoms. The first kappa shape index (κ1) is 21.7. The number of fused-ring (bicyclic) bond motifs is 1. The lowest BCUT2D eigenvalue weighted by Gasteiger charge is -2.18. The topological polar surface area (TPSA) is 75.9 Å². The first-order valence-electron chi connectivity index (χ1n) is 11.2. The molecular weight excluding hydrogens is 428 g/mol. The van der Waals surface area contributed by atoms with E-state index in [1.165, 1.54) is 0 Å². The summed E-state index contributed by atoms with van der Waals surface area (Å²) >= 11 is 0. The SMILES string of the molecule is COc1cccc(N2C[C@@H](C(=O)Nc3cc(-c4cn5cccc(C)c5n4)ccc3C)CC2=O)c1. The van der Waals surface area contributed by atoms with E-state index in [4.69, 9.17) is 9.72 Å². The Morgan fingerprint density at radius 1 is 1.09 bits per heavy atom. The third-order valence-electron chi connectivity index (χ3n) is 6.33. The van der Waals surface area contributed by atoms with Gasteiger partial charge in [0.25, 0.3) is 0 Å². The second-order valence-corrected chi connectivity index (χ2v) is 8.67. The van der Waals surface area contributed by atoms with Crippen LogP contribution in [0.2, 0.25) is 0 Å². The molecule has 0 radical (unpaired) electrons. The van der Waals surface area contributed by atoms with E-state index in [0.717, 1.165) is 39.4 Å². The maximum atomic E-state index is 13.1. The van der Waals surface area contributed by atoms with Gasteiger partial charge in [-0.2, -0.15) is 0 Å². The van der Waals surface area contributed by atoms with Crippen molar-refractivity contribution in [2.75, 3.05) is 23.9 Å². The minimum absolute atomic E-state index is 0.0704. The first-order valence-corrected chi connectivity index (χ1v) is 11.2. The smallest absolute Gasteiger partial charge is 0.229 e. The molecule has 5 rings (SSSR count). The van der Waals surface area contributed by atoms with Crippen LogP contribution < -0.4 is 15.0 Å². The molecular formula is C27H26N4O3. The molecule has 3 heterocycles. The van der Waals surface area contributed by atoms with Crippen LogP contribution in [0.1, 0.15) is 17.5 Å². The zero-order valence-electron chi connectivity index (χ0n) is 19.4. The van der Waals surface area contributed by atoms with Crippen molar-refractivity contribution in [1.82, 2.24) is 9.38 Å². The molecule has 2 aromatic heterocycles. The number of imidazole rings is 1. The van der Waals surface area contributed by atoms with E-state index in [1.807, 2.05) is 85.2 Å². The van der Waals surface area contributed by atoms with Crippen molar-refractivity contribution < 1.29 is 14.3 Å². The van der Waals surface area contributed by atoms with Crippen LogP contribution >= 0.6 is 0 Å². The quantitative estimate of drug-likeness (QED) is 0.478. The highest BCUT2D eigenvalue weighted by molar-refractivity contribution is 6.04. The molecule has 7 heteroatoms. The summed E-state index contributed by atoms with van der Waals surface area (Å²) in [4.78, 5) is 32.2. The lowest BCUT2D eigenvalue weighted by molar-refractivity contribution is -0.122. The fraction of sp³-hybridized carbons (Fsp3) is 0.222. The molecule has 2 aromatic carbocycles. The Labute approximate surface area is 198 Å². The number of amides is 2. The molecule has 1 atom stereocenters. The fourth-order valence-electron chi connectivity index (χ4n) is 4.35. The van der Waals surface area contributed by atoms with Crippen molar-refractivity contribution in [3.8, 4) is 17.0 Å². The molecule has 0 spiro atoms. The van der Waals surface area contributed by atoms with Gasteiger partial charge in [0.05, 0.1) is 18.7 Å². The summed E-state index contributed by atoms with van der Waals surface area (Å²) in [7, 11) is 1.59. The molecule has 2 amide bonds. The van der Waals surface area contributed by atoms with Crippen molar-refractivity contribution in [2.45, 2.75) is 20.3 Å². The Kier molecular flexibility index (Phi) is 5.53. The number of hydrogen-bond acceptors (Lipinski definition) is 4. The maximum absolute atomic E-state index is 13.1. The number of nitrogens with zero attached hydrogens (tertiary/aromatic N) is 3. The van der Waals surface area contributed by atoms with Gasteiger partial charge in [0.15, 0.2) is 0 Å². The predicted octanol–water partition coefficient (Wildman–Crippen LogP) is 4.62. The highest BCUT2D eigenvalue weighted by Crippen LogP contribution is 2.30. The van der Waals surface area contributed by atoms with E-state index in [-0.39, 0.29) is 18.2 Å². The number of carbonyl (C=O) groups excluding carboxylic acids is 2. The Morgan fingerprint density at radius 3 is 2.74 bits per heavy atom. The van der Waals surface area contributed by atoms with Gasteiger partial charge in [0, 0.05) is 48.4 Å². The maximum Gasteiger partial charge on any atom is 0.229 e. The van der Waals surface area contributed by atoms with E-state index in [1.54, 1.807) is 12.0 Å². The fourth-order valence-corrected chi connectivity index (χ4v) is 4.35. The number of aryl methyl sites for hydroxylation is 2. The number of rotatable bonds is 5.